The minimum Gasteiger partial charge on any atom is -0.310 e. The van der Waals surface area contributed by atoms with Gasteiger partial charge in [0, 0.05) is 19.4 Å². The Kier molecular flexibility index (Phi) is 4.40. The van der Waals surface area contributed by atoms with Crippen molar-refractivity contribution in [1.29, 1.82) is 0 Å². The molecule has 1 atom stereocenters. The third kappa shape index (κ3) is 2.68. The lowest BCUT2D eigenvalue weighted by Crippen LogP contribution is -2.41. The molecule has 0 radical (unpaired) electrons. The van der Waals surface area contributed by atoms with Gasteiger partial charge in [-0.25, -0.2) is 4.90 Å². The number of rotatable bonds is 2. The number of anilines is 2. The van der Waals surface area contributed by atoms with Gasteiger partial charge in [0.2, 0.25) is 17.7 Å². The average Bonchev–Trinajstić information content (AvgIpc) is 2.62. The first-order valence-corrected chi connectivity index (χ1v) is 7.27. The van der Waals surface area contributed by atoms with Crippen molar-refractivity contribution < 1.29 is 14.4 Å². The summed E-state index contributed by atoms with van der Waals surface area (Å²) in [6, 6.07) is 7.08. The predicted molar refractivity (Wildman–Crippen MR) is 81.0 cm³/mol. The van der Waals surface area contributed by atoms with Crippen LogP contribution in [0.15, 0.2) is 24.3 Å². The van der Waals surface area contributed by atoms with E-state index in [0.29, 0.717) is 24.3 Å². The van der Waals surface area contributed by atoms with Crippen LogP contribution in [-0.4, -0.2) is 24.3 Å². The molecule has 0 aliphatic carbocycles. The molecule has 2 rings (SSSR count). The van der Waals surface area contributed by atoms with Gasteiger partial charge in [0.05, 0.1) is 17.3 Å². The van der Waals surface area contributed by atoms with Gasteiger partial charge in [0.1, 0.15) is 0 Å². The highest BCUT2D eigenvalue weighted by Gasteiger charge is 2.35. The zero-order chi connectivity index (χ0) is 15.6. The third-order valence-corrected chi connectivity index (χ3v) is 3.67. The maximum Gasteiger partial charge on any atom is 0.238 e. The summed E-state index contributed by atoms with van der Waals surface area (Å²) in [5, 5.41) is 0. The number of hydrogen-bond acceptors (Lipinski definition) is 3. The van der Waals surface area contributed by atoms with Gasteiger partial charge in [0.25, 0.3) is 0 Å². The molecule has 0 aromatic heterocycles. The second kappa shape index (κ2) is 6.08. The second-order valence-corrected chi connectivity index (χ2v) is 5.17. The maximum absolute atomic E-state index is 12.5. The van der Waals surface area contributed by atoms with Crippen LogP contribution in [0.2, 0.25) is 0 Å². The minimum atomic E-state index is -0.414. The Labute approximate surface area is 124 Å². The Hall–Kier alpha value is -2.17. The summed E-state index contributed by atoms with van der Waals surface area (Å²) in [4.78, 5) is 39.7. The van der Waals surface area contributed by atoms with Gasteiger partial charge in [-0.15, -0.1) is 0 Å². The lowest BCUT2D eigenvalue weighted by atomic mass is 10.1. The Bertz CT molecular complexity index is 583. The summed E-state index contributed by atoms with van der Waals surface area (Å²) in [5.41, 5.74) is 1.13. The lowest BCUT2D eigenvalue weighted by molar-refractivity contribution is -0.128. The smallest absolute Gasteiger partial charge is 0.238 e. The molecule has 1 aromatic carbocycles. The highest BCUT2D eigenvalue weighted by molar-refractivity contribution is 6.19. The Morgan fingerprint density at radius 1 is 1.10 bits per heavy atom. The Morgan fingerprint density at radius 2 is 1.67 bits per heavy atom. The van der Waals surface area contributed by atoms with E-state index in [2.05, 4.69) is 0 Å². The number of para-hydroxylation sites is 2. The fraction of sp³-hybridized carbons (Fsp3) is 0.438. The zero-order valence-corrected chi connectivity index (χ0v) is 12.6. The Balaban J connectivity index is 2.61. The number of fused-ring (bicyclic) bond motifs is 1. The van der Waals surface area contributed by atoms with Crippen LogP contribution in [0.1, 0.15) is 33.6 Å². The van der Waals surface area contributed by atoms with Crippen LogP contribution in [0.3, 0.4) is 0 Å². The van der Waals surface area contributed by atoms with E-state index in [1.54, 1.807) is 43.9 Å². The number of benzene rings is 1. The SMILES string of the molecule is CCC(=O)N1C[C@@H](C)C(=O)N(C(=O)CC)c2ccccc21. The van der Waals surface area contributed by atoms with Gasteiger partial charge in [-0.3, -0.25) is 14.4 Å². The number of imide groups is 1. The number of carbonyl (C=O) groups is 3. The van der Waals surface area contributed by atoms with E-state index in [1.807, 2.05) is 6.07 Å². The molecule has 0 unspecified atom stereocenters. The van der Waals surface area contributed by atoms with Crippen LogP contribution >= 0.6 is 0 Å². The molecule has 21 heavy (non-hydrogen) atoms. The first-order valence-electron chi connectivity index (χ1n) is 7.27. The van der Waals surface area contributed by atoms with Crippen molar-refractivity contribution in [3.63, 3.8) is 0 Å². The summed E-state index contributed by atoms with van der Waals surface area (Å²) in [6.45, 7) is 5.57. The first-order chi connectivity index (χ1) is 10.0. The number of nitrogens with zero attached hydrogens (tertiary/aromatic N) is 2. The highest BCUT2D eigenvalue weighted by atomic mass is 16.2. The fourth-order valence-electron chi connectivity index (χ4n) is 2.51. The first kappa shape index (κ1) is 15.2. The van der Waals surface area contributed by atoms with Crippen LogP contribution in [0.25, 0.3) is 0 Å². The molecule has 5 heteroatoms. The lowest BCUT2D eigenvalue weighted by Gasteiger charge is -2.24. The van der Waals surface area contributed by atoms with Crippen molar-refractivity contribution in [2.45, 2.75) is 33.6 Å². The molecule has 1 aromatic rings. The monoisotopic (exact) mass is 288 g/mol. The molecular formula is C16H20N2O3. The van der Waals surface area contributed by atoms with Gasteiger partial charge < -0.3 is 4.90 Å². The number of carbonyl (C=O) groups excluding carboxylic acids is 3. The average molecular weight is 288 g/mol. The topological polar surface area (TPSA) is 57.7 Å². The molecule has 0 fully saturated rings. The van der Waals surface area contributed by atoms with Crippen LogP contribution in [0, 0.1) is 5.92 Å². The standard InChI is InChI=1S/C16H20N2O3/c1-4-14(19)17-10-11(3)16(21)18(15(20)5-2)13-9-7-6-8-12(13)17/h6-9,11H,4-5,10H2,1-3H3/t11-/m1/s1. The molecule has 0 spiro atoms. The molecule has 3 amide bonds. The summed E-state index contributed by atoms with van der Waals surface area (Å²) < 4.78 is 0. The van der Waals surface area contributed by atoms with Gasteiger partial charge in [-0.1, -0.05) is 32.9 Å². The highest BCUT2D eigenvalue weighted by Crippen LogP contribution is 2.34. The summed E-state index contributed by atoms with van der Waals surface area (Å²) in [7, 11) is 0. The van der Waals surface area contributed by atoms with E-state index >= 15 is 0 Å². The third-order valence-electron chi connectivity index (χ3n) is 3.67. The van der Waals surface area contributed by atoms with Crippen molar-refractivity contribution in [2.75, 3.05) is 16.3 Å². The molecular weight excluding hydrogens is 268 g/mol. The van der Waals surface area contributed by atoms with E-state index in [1.165, 1.54) is 4.90 Å². The fourth-order valence-corrected chi connectivity index (χ4v) is 2.51. The largest absolute Gasteiger partial charge is 0.310 e. The minimum absolute atomic E-state index is 0.0482. The molecule has 0 bridgehead atoms. The molecule has 0 N–H and O–H groups in total. The van der Waals surface area contributed by atoms with Crippen molar-refractivity contribution in [1.82, 2.24) is 0 Å². The van der Waals surface area contributed by atoms with Crippen LogP contribution in [-0.2, 0) is 14.4 Å². The molecule has 0 saturated heterocycles. The summed E-state index contributed by atoms with van der Waals surface area (Å²) >= 11 is 0. The van der Waals surface area contributed by atoms with E-state index in [9.17, 15) is 14.4 Å². The van der Waals surface area contributed by atoms with Crippen LogP contribution < -0.4 is 9.80 Å². The van der Waals surface area contributed by atoms with Gasteiger partial charge in [0.15, 0.2) is 0 Å². The molecule has 1 aliphatic rings. The summed E-state index contributed by atoms with van der Waals surface area (Å²) in [5.74, 6) is -0.956. The van der Waals surface area contributed by atoms with E-state index < -0.39 is 5.92 Å². The van der Waals surface area contributed by atoms with E-state index in [4.69, 9.17) is 0 Å². The van der Waals surface area contributed by atoms with Crippen molar-refractivity contribution in [3.8, 4) is 0 Å². The van der Waals surface area contributed by atoms with Gasteiger partial charge >= 0.3 is 0 Å². The summed E-state index contributed by atoms with van der Waals surface area (Å²) in [6.07, 6.45) is 0.603. The van der Waals surface area contributed by atoms with Crippen molar-refractivity contribution in [3.05, 3.63) is 24.3 Å². The molecule has 1 aliphatic heterocycles. The normalized spacial score (nSPS) is 18.2. The quantitative estimate of drug-likeness (QED) is 0.839. The second-order valence-electron chi connectivity index (χ2n) is 5.17. The molecule has 5 nitrogen and oxygen atoms in total. The van der Waals surface area contributed by atoms with Crippen molar-refractivity contribution in [2.24, 2.45) is 5.92 Å². The molecule has 1 heterocycles. The molecule has 112 valence electrons. The predicted octanol–water partition coefficient (Wildman–Crippen LogP) is 2.35. The number of amides is 3. The van der Waals surface area contributed by atoms with Gasteiger partial charge in [-0.2, -0.15) is 0 Å². The van der Waals surface area contributed by atoms with Gasteiger partial charge in [-0.05, 0) is 12.1 Å². The van der Waals surface area contributed by atoms with E-state index in [-0.39, 0.29) is 24.1 Å². The zero-order valence-electron chi connectivity index (χ0n) is 12.6. The maximum atomic E-state index is 12.5. The molecule has 0 saturated carbocycles. The van der Waals surface area contributed by atoms with Crippen LogP contribution in [0.5, 0.6) is 0 Å². The number of hydrogen-bond donors (Lipinski definition) is 0. The van der Waals surface area contributed by atoms with Crippen molar-refractivity contribution >= 4 is 29.1 Å². The Morgan fingerprint density at radius 3 is 2.24 bits per heavy atom. The van der Waals surface area contributed by atoms with Crippen LogP contribution in [0.4, 0.5) is 11.4 Å². The van der Waals surface area contributed by atoms with E-state index in [0.717, 1.165) is 0 Å².